The molecular weight excluding hydrogens is 359 g/mol. The summed E-state index contributed by atoms with van der Waals surface area (Å²) in [5.41, 5.74) is 2.72. The number of aryl methyl sites for hydroxylation is 2. The molecule has 1 amide bonds. The number of aromatic nitrogens is 3. The number of hydrogen-bond acceptors (Lipinski definition) is 3. The molecule has 28 heavy (non-hydrogen) atoms. The lowest BCUT2D eigenvalue weighted by molar-refractivity contribution is 0.0780. The van der Waals surface area contributed by atoms with E-state index >= 15 is 0 Å². The summed E-state index contributed by atoms with van der Waals surface area (Å²) in [6.45, 7) is 2.08. The van der Waals surface area contributed by atoms with Gasteiger partial charge in [0.1, 0.15) is 17.2 Å². The van der Waals surface area contributed by atoms with E-state index in [0.717, 1.165) is 11.1 Å². The molecule has 0 unspecified atom stereocenters. The van der Waals surface area contributed by atoms with Gasteiger partial charge < -0.3 is 14.5 Å². The zero-order valence-corrected chi connectivity index (χ0v) is 15.8. The molecule has 2 heterocycles. The highest BCUT2D eigenvalue weighted by atomic mass is 19.1. The molecule has 0 aliphatic carbocycles. The zero-order valence-electron chi connectivity index (χ0n) is 15.8. The highest BCUT2D eigenvalue weighted by Crippen LogP contribution is 2.16. The molecule has 4 aromatic rings. The Balaban J connectivity index is 1.68. The Bertz CT molecular complexity index is 1290. The van der Waals surface area contributed by atoms with Crippen LogP contribution in [-0.4, -0.2) is 32.4 Å². The summed E-state index contributed by atoms with van der Waals surface area (Å²) in [4.78, 5) is 34.6. The fourth-order valence-electron chi connectivity index (χ4n) is 3.37. The molecule has 0 atom stereocenters. The molecular formula is C21H19FN4O2. The molecule has 0 spiro atoms. The Morgan fingerprint density at radius 1 is 1.25 bits per heavy atom. The predicted octanol–water partition coefficient (Wildman–Crippen LogP) is 3.13. The minimum absolute atomic E-state index is 0.102. The Labute approximate surface area is 160 Å². The summed E-state index contributed by atoms with van der Waals surface area (Å²) >= 11 is 0. The number of benzene rings is 2. The van der Waals surface area contributed by atoms with Crippen molar-refractivity contribution < 1.29 is 9.18 Å². The number of pyridine rings is 1. The standard InChI is InChI=1S/C21H19FN4O2/c1-12-4-7-18-14(8-12)20(27)15(10-25(18)2)21(28)26(3)11-19-23-16-6-5-13(22)9-17(16)24-19/h4-10H,11H2,1-3H3,(H,23,24). The van der Waals surface area contributed by atoms with Crippen molar-refractivity contribution >= 4 is 27.8 Å². The quantitative estimate of drug-likeness (QED) is 0.595. The van der Waals surface area contributed by atoms with Crippen LogP contribution < -0.4 is 5.43 Å². The number of aromatic amines is 1. The molecule has 0 bridgehead atoms. The van der Waals surface area contributed by atoms with Gasteiger partial charge >= 0.3 is 0 Å². The lowest BCUT2D eigenvalue weighted by Crippen LogP contribution is -2.31. The number of H-pyrrole nitrogens is 1. The number of fused-ring (bicyclic) bond motifs is 2. The third-order valence-electron chi connectivity index (χ3n) is 4.80. The van der Waals surface area contributed by atoms with E-state index in [0.29, 0.717) is 22.2 Å². The summed E-state index contributed by atoms with van der Waals surface area (Å²) in [6, 6.07) is 9.87. The van der Waals surface area contributed by atoms with E-state index in [9.17, 15) is 14.0 Å². The molecule has 0 aliphatic heterocycles. The molecule has 142 valence electrons. The first-order valence-corrected chi connectivity index (χ1v) is 8.83. The zero-order chi connectivity index (χ0) is 20.0. The number of hydrogen-bond donors (Lipinski definition) is 1. The van der Waals surface area contributed by atoms with Crippen LogP contribution in [0, 0.1) is 12.7 Å². The second-order valence-electron chi connectivity index (χ2n) is 7.01. The second kappa shape index (κ2) is 6.60. The minimum Gasteiger partial charge on any atom is -0.350 e. The van der Waals surface area contributed by atoms with Crippen LogP contribution >= 0.6 is 0 Å². The van der Waals surface area contributed by atoms with Gasteiger partial charge in [-0.2, -0.15) is 0 Å². The van der Waals surface area contributed by atoms with Gasteiger partial charge in [0.15, 0.2) is 0 Å². The smallest absolute Gasteiger partial charge is 0.259 e. The van der Waals surface area contributed by atoms with Gasteiger partial charge in [-0.1, -0.05) is 11.6 Å². The van der Waals surface area contributed by atoms with Crippen LogP contribution in [0.1, 0.15) is 21.7 Å². The van der Waals surface area contributed by atoms with Gasteiger partial charge in [-0.3, -0.25) is 9.59 Å². The number of carbonyl (C=O) groups excluding carboxylic acids is 1. The average Bonchev–Trinajstić information content (AvgIpc) is 3.05. The Morgan fingerprint density at radius 2 is 2.04 bits per heavy atom. The molecule has 1 N–H and O–H groups in total. The Kier molecular flexibility index (Phi) is 4.22. The normalized spacial score (nSPS) is 11.3. The van der Waals surface area contributed by atoms with Crippen molar-refractivity contribution in [2.75, 3.05) is 7.05 Å². The molecule has 0 aliphatic rings. The van der Waals surface area contributed by atoms with Gasteiger partial charge in [0, 0.05) is 25.7 Å². The van der Waals surface area contributed by atoms with Gasteiger partial charge in [-0.05, 0) is 37.3 Å². The number of carbonyl (C=O) groups is 1. The van der Waals surface area contributed by atoms with E-state index in [4.69, 9.17) is 0 Å². The van der Waals surface area contributed by atoms with Gasteiger partial charge in [0.25, 0.3) is 5.91 Å². The predicted molar refractivity (Wildman–Crippen MR) is 106 cm³/mol. The van der Waals surface area contributed by atoms with E-state index in [1.54, 1.807) is 29.9 Å². The number of nitrogens with zero attached hydrogens (tertiary/aromatic N) is 3. The fraction of sp³-hybridized carbons (Fsp3) is 0.190. The summed E-state index contributed by atoms with van der Waals surface area (Å²) in [7, 11) is 3.41. The molecule has 6 nitrogen and oxygen atoms in total. The monoisotopic (exact) mass is 378 g/mol. The topological polar surface area (TPSA) is 71.0 Å². The van der Waals surface area contributed by atoms with Crippen LogP contribution in [-0.2, 0) is 13.6 Å². The highest BCUT2D eigenvalue weighted by Gasteiger charge is 2.19. The lowest BCUT2D eigenvalue weighted by Gasteiger charge is -2.17. The van der Waals surface area contributed by atoms with E-state index in [1.807, 2.05) is 26.1 Å². The van der Waals surface area contributed by atoms with Crippen molar-refractivity contribution in [3.05, 3.63) is 75.6 Å². The van der Waals surface area contributed by atoms with E-state index < -0.39 is 5.91 Å². The molecule has 2 aromatic carbocycles. The van der Waals surface area contributed by atoms with Crippen LogP contribution in [0.5, 0.6) is 0 Å². The number of amides is 1. The first-order valence-electron chi connectivity index (χ1n) is 8.83. The van der Waals surface area contributed by atoms with Gasteiger partial charge in [0.2, 0.25) is 5.43 Å². The lowest BCUT2D eigenvalue weighted by atomic mass is 10.1. The number of halogens is 1. The fourth-order valence-corrected chi connectivity index (χ4v) is 3.37. The van der Waals surface area contributed by atoms with Crippen molar-refractivity contribution in [1.82, 2.24) is 19.4 Å². The first-order chi connectivity index (χ1) is 13.3. The molecule has 4 rings (SSSR count). The molecule has 7 heteroatoms. The van der Waals surface area contributed by atoms with Gasteiger partial charge in [-0.25, -0.2) is 9.37 Å². The molecule has 2 aromatic heterocycles. The minimum atomic E-state index is -0.393. The number of nitrogens with one attached hydrogen (secondary N) is 1. The van der Waals surface area contributed by atoms with Gasteiger partial charge in [-0.15, -0.1) is 0 Å². The maximum Gasteiger partial charge on any atom is 0.259 e. The average molecular weight is 378 g/mol. The van der Waals surface area contributed by atoms with Crippen LogP contribution in [0.2, 0.25) is 0 Å². The molecule has 0 saturated carbocycles. The van der Waals surface area contributed by atoms with Crippen molar-refractivity contribution in [2.45, 2.75) is 13.5 Å². The van der Waals surface area contributed by atoms with Crippen molar-refractivity contribution in [3.63, 3.8) is 0 Å². The van der Waals surface area contributed by atoms with Crippen LogP contribution in [0.4, 0.5) is 4.39 Å². The molecule has 0 saturated heterocycles. The summed E-state index contributed by atoms with van der Waals surface area (Å²) in [5, 5.41) is 0.515. The van der Waals surface area contributed by atoms with E-state index in [-0.39, 0.29) is 23.4 Å². The van der Waals surface area contributed by atoms with E-state index in [1.165, 1.54) is 17.0 Å². The van der Waals surface area contributed by atoms with Crippen molar-refractivity contribution in [2.24, 2.45) is 7.05 Å². The summed E-state index contributed by atoms with van der Waals surface area (Å²) in [6.07, 6.45) is 1.56. The maximum atomic E-state index is 13.3. The summed E-state index contributed by atoms with van der Waals surface area (Å²) in [5.74, 6) is -0.234. The second-order valence-corrected chi connectivity index (χ2v) is 7.01. The molecule has 0 fully saturated rings. The van der Waals surface area contributed by atoms with Crippen LogP contribution in [0.25, 0.3) is 21.9 Å². The number of imidazole rings is 1. The third-order valence-corrected chi connectivity index (χ3v) is 4.80. The third kappa shape index (κ3) is 3.05. The molecule has 0 radical (unpaired) electrons. The first kappa shape index (κ1) is 17.9. The summed E-state index contributed by atoms with van der Waals surface area (Å²) < 4.78 is 15.1. The van der Waals surface area contributed by atoms with Crippen LogP contribution in [0.3, 0.4) is 0 Å². The van der Waals surface area contributed by atoms with Crippen LogP contribution in [0.15, 0.2) is 47.4 Å². The van der Waals surface area contributed by atoms with Crippen molar-refractivity contribution in [3.8, 4) is 0 Å². The largest absolute Gasteiger partial charge is 0.350 e. The van der Waals surface area contributed by atoms with Crippen molar-refractivity contribution in [1.29, 1.82) is 0 Å². The Morgan fingerprint density at radius 3 is 2.82 bits per heavy atom. The SMILES string of the molecule is Cc1ccc2c(c1)c(=O)c(C(=O)N(C)Cc1nc3ccc(F)cc3[nH]1)cn2C. The number of rotatable bonds is 3. The van der Waals surface area contributed by atoms with Gasteiger partial charge in [0.05, 0.1) is 23.1 Å². The Hall–Kier alpha value is -3.48. The van der Waals surface area contributed by atoms with E-state index in [2.05, 4.69) is 9.97 Å². The highest BCUT2D eigenvalue weighted by molar-refractivity contribution is 5.97. The maximum absolute atomic E-state index is 13.3.